The first-order valence-electron chi connectivity index (χ1n) is 6.03. The van der Waals surface area contributed by atoms with Crippen molar-refractivity contribution in [3.8, 4) is 0 Å². The number of nitrogens with two attached hydrogens (primary N) is 1. The second-order valence-corrected chi connectivity index (χ2v) is 4.81. The van der Waals surface area contributed by atoms with Gasteiger partial charge in [-0.05, 0) is 30.7 Å². The van der Waals surface area contributed by atoms with Gasteiger partial charge in [0.15, 0.2) is 0 Å². The molecule has 1 aliphatic carbocycles. The minimum Gasteiger partial charge on any atom is -0.271 e. The highest BCUT2D eigenvalue weighted by Gasteiger charge is 2.27. The van der Waals surface area contributed by atoms with Crippen LogP contribution in [0.25, 0.3) is 0 Å². The molecule has 4 nitrogen and oxygen atoms in total. The Bertz CT molecular complexity index is 314. The minimum atomic E-state index is 0.172. The summed E-state index contributed by atoms with van der Waals surface area (Å²) in [6, 6.07) is 2.12. The molecule has 1 heterocycles. The number of hydrazine groups is 1. The van der Waals surface area contributed by atoms with Crippen molar-refractivity contribution in [1.29, 1.82) is 0 Å². The zero-order chi connectivity index (χ0) is 11.4. The number of rotatable bonds is 3. The fraction of sp³-hybridized carbons (Fsp3) is 0.667. The Morgan fingerprint density at radius 1 is 1.50 bits per heavy atom. The highest BCUT2D eigenvalue weighted by atomic mass is 15.2. The molecule has 0 amide bonds. The van der Waals surface area contributed by atoms with Crippen LogP contribution in [-0.4, -0.2) is 9.97 Å². The van der Waals surface area contributed by atoms with E-state index in [-0.39, 0.29) is 6.04 Å². The molecule has 2 rings (SSSR count). The first-order valence-corrected chi connectivity index (χ1v) is 6.03. The summed E-state index contributed by atoms with van der Waals surface area (Å²) in [5.74, 6) is 7.07. The van der Waals surface area contributed by atoms with E-state index in [0.29, 0.717) is 5.92 Å². The third-order valence-electron chi connectivity index (χ3n) is 3.55. The van der Waals surface area contributed by atoms with Gasteiger partial charge in [-0.15, -0.1) is 0 Å². The molecule has 0 aromatic carbocycles. The van der Waals surface area contributed by atoms with E-state index in [4.69, 9.17) is 5.84 Å². The molecule has 4 heteroatoms. The number of nitrogens with zero attached hydrogens (tertiary/aromatic N) is 2. The predicted octanol–water partition coefficient (Wildman–Crippen LogP) is 1.81. The molecule has 0 radical (unpaired) electrons. The summed E-state index contributed by atoms with van der Waals surface area (Å²) in [5, 5.41) is 0. The third-order valence-corrected chi connectivity index (χ3v) is 3.55. The first kappa shape index (κ1) is 11.5. The summed E-state index contributed by atoms with van der Waals surface area (Å²) >= 11 is 0. The Morgan fingerprint density at radius 2 is 2.38 bits per heavy atom. The molecule has 0 bridgehead atoms. The van der Waals surface area contributed by atoms with Crippen molar-refractivity contribution in [1.82, 2.24) is 15.4 Å². The van der Waals surface area contributed by atoms with E-state index in [9.17, 15) is 0 Å². The quantitative estimate of drug-likeness (QED) is 0.602. The topological polar surface area (TPSA) is 63.8 Å². The van der Waals surface area contributed by atoms with Crippen molar-refractivity contribution >= 4 is 0 Å². The van der Waals surface area contributed by atoms with E-state index in [1.54, 1.807) is 12.5 Å². The van der Waals surface area contributed by atoms with Crippen LogP contribution in [0.2, 0.25) is 0 Å². The molecule has 88 valence electrons. The molecular weight excluding hydrogens is 200 g/mol. The molecule has 0 aliphatic heterocycles. The fourth-order valence-corrected chi connectivity index (χ4v) is 2.73. The molecule has 1 aromatic rings. The second-order valence-electron chi connectivity index (χ2n) is 4.81. The Labute approximate surface area is 96.6 Å². The molecule has 16 heavy (non-hydrogen) atoms. The molecular formula is C12H20N4. The molecule has 1 aromatic heterocycles. The summed E-state index contributed by atoms with van der Waals surface area (Å²) in [6.07, 6.45) is 8.49. The normalized spacial score (nSPS) is 27.6. The van der Waals surface area contributed by atoms with E-state index in [2.05, 4.69) is 22.3 Å². The van der Waals surface area contributed by atoms with Gasteiger partial charge in [-0.2, -0.15) is 0 Å². The fourth-order valence-electron chi connectivity index (χ4n) is 2.73. The minimum absolute atomic E-state index is 0.172. The molecule has 1 saturated carbocycles. The summed E-state index contributed by atoms with van der Waals surface area (Å²) in [7, 11) is 0. The van der Waals surface area contributed by atoms with E-state index < -0.39 is 0 Å². The van der Waals surface area contributed by atoms with Gasteiger partial charge in [0.25, 0.3) is 0 Å². The van der Waals surface area contributed by atoms with Crippen LogP contribution < -0.4 is 11.3 Å². The van der Waals surface area contributed by atoms with Crippen molar-refractivity contribution in [2.75, 3.05) is 0 Å². The van der Waals surface area contributed by atoms with Crippen LogP contribution in [0, 0.1) is 11.8 Å². The van der Waals surface area contributed by atoms with E-state index in [1.807, 2.05) is 6.07 Å². The Kier molecular flexibility index (Phi) is 3.85. The second kappa shape index (κ2) is 5.37. The van der Waals surface area contributed by atoms with Crippen molar-refractivity contribution in [2.45, 2.75) is 38.6 Å². The SMILES string of the molecule is CC1CCCC(C(NN)c2ccncn2)C1. The lowest BCUT2D eigenvalue weighted by Crippen LogP contribution is -2.36. The maximum absolute atomic E-state index is 5.67. The average Bonchev–Trinajstić information content (AvgIpc) is 2.31. The maximum Gasteiger partial charge on any atom is 0.115 e. The van der Waals surface area contributed by atoms with Crippen molar-refractivity contribution < 1.29 is 0 Å². The summed E-state index contributed by atoms with van der Waals surface area (Å²) in [4.78, 5) is 8.24. The average molecular weight is 220 g/mol. The van der Waals surface area contributed by atoms with Crippen LogP contribution in [0.15, 0.2) is 18.6 Å². The highest BCUT2D eigenvalue weighted by molar-refractivity contribution is 5.06. The van der Waals surface area contributed by atoms with Crippen LogP contribution in [0.5, 0.6) is 0 Å². The predicted molar refractivity (Wildman–Crippen MR) is 63.2 cm³/mol. The molecule has 0 spiro atoms. The van der Waals surface area contributed by atoms with Crippen molar-refractivity contribution in [3.05, 3.63) is 24.3 Å². The van der Waals surface area contributed by atoms with Crippen LogP contribution in [-0.2, 0) is 0 Å². The lowest BCUT2D eigenvalue weighted by Gasteiger charge is -2.32. The van der Waals surface area contributed by atoms with Gasteiger partial charge in [0, 0.05) is 6.20 Å². The largest absolute Gasteiger partial charge is 0.271 e. The van der Waals surface area contributed by atoms with Gasteiger partial charge in [-0.25, -0.2) is 9.97 Å². The Morgan fingerprint density at radius 3 is 3.00 bits per heavy atom. The molecule has 3 unspecified atom stereocenters. The number of aromatic nitrogens is 2. The van der Waals surface area contributed by atoms with Crippen LogP contribution in [0.3, 0.4) is 0 Å². The lowest BCUT2D eigenvalue weighted by molar-refractivity contribution is 0.222. The van der Waals surface area contributed by atoms with Crippen molar-refractivity contribution in [3.63, 3.8) is 0 Å². The monoisotopic (exact) mass is 220 g/mol. The van der Waals surface area contributed by atoms with Gasteiger partial charge in [-0.3, -0.25) is 11.3 Å². The maximum atomic E-state index is 5.67. The smallest absolute Gasteiger partial charge is 0.115 e. The summed E-state index contributed by atoms with van der Waals surface area (Å²) in [5.41, 5.74) is 3.93. The van der Waals surface area contributed by atoms with Gasteiger partial charge in [0.2, 0.25) is 0 Å². The van der Waals surface area contributed by atoms with Crippen molar-refractivity contribution in [2.24, 2.45) is 17.7 Å². The third kappa shape index (κ3) is 2.57. The van der Waals surface area contributed by atoms with Crippen LogP contribution >= 0.6 is 0 Å². The van der Waals surface area contributed by atoms with E-state index in [0.717, 1.165) is 11.6 Å². The standard InChI is InChI=1S/C12H20N4/c1-9-3-2-4-10(7-9)12(16-13)11-5-6-14-8-15-11/h5-6,8-10,12,16H,2-4,7,13H2,1H3. The molecule has 3 N–H and O–H groups in total. The molecule has 1 fully saturated rings. The number of hydrogen-bond acceptors (Lipinski definition) is 4. The zero-order valence-electron chi connectivity index (χ0n) is 9.76. The van der Waals surface area contributed by atoms with E-state index >= 15 is 0 Å². The Balaban J connectivity index is 2.10. The zero-order valence-corrected chi connectivity index (χ0v) is 9.76. The Hall–Kier alpha value is -1.00. The van der Waals surface area contributed by atoms with Crippen LogP contribution in [0.4, 0.5) is 0 Å². The first-order chi connectivity index (χ1) is 7.81. The van der Waals surface area contributed by atoms with Gasteiger partial charge >= 0.3 is 0 Å². The van der Waals surface area contributed by atoms with Gasteiger partial charge in [0.05, 0.1) is 11.7 Å². The number of nitrogens with one attached hydrogen (secondary N) is 1. The van der Waals surface area contributed by atoms with E-state index in [1.165, 1.54) is 25.7 Å². The summed E-state index contributed by atoms with van der Waals surface area (Å²) in [6.45, 7) is 2.32. The van der Waals surface area contributed by atoms with Gasteiger partial charge in [-0.1, -0.05) is 19.8 Å². The summed E-state index contributed by atoms with van der Waals surface area (Å²) < 4.78 is 0. The highest BCUT2D eigenvalue weighted by Crippen LogP contribution is 2.35. The molecule has 3 atom stereocenters. The lowest BCUT2D eigenvalue weighted by atomic mass is 9.78. The van der Waals surface area contributed by atoms with Gasteiger partial charge < -0.3 is 0 Å². The van der Waals surface area contributed by atoms with Gasteiger partial charge in [0.1, 0.15) is 6.33 Å². The number of hydrogen-bond donors (Lipinski definition) is 2. The van der Waals surface area contributed by atoms with Crippen LogP contribution in [0.1, 0.15) is 44.3 Å². The molecule has 1 aliphatic rings. The molecule has 0 saturated heterocycles.